The maximum atomic E-state index is 13.2. The Kier molecular flexibility index (Phi) is 4.73. The minimum atomic E-state index is -0.502. The number of imide groups is 1. The van der Waals surface area contributed by atoms with Crippen molar-refractivity contribution in [2.75, 3.05) is 18.6 Å². The van der Waals surface area contributed by atoms with Crippen molar-refractivity contribution in [2.24, 2.45) is 0 Å². The Labute approximate surface area is 183 Å². The van der Waals surface area contributed by atoms with Gasteiger partial charge in [-0.1, -0.05) is 23.2 Å². The average molecular weight is 444 g/mol. The Bertz CT molecular complexity index is 1190. The summed E-state index contributed by atoms with van der Waals surface area (Å²) in [5.41, 5.74) is 3.75. The summed E-state index contributed by atoms with van der Waals surface area (Å²) in [6.07, 6.45) is 0.934. The van der Waals surface area contributed by atoms with Gasteiger partial charge in [0, 0.05) is 34.7 Å². The minimum absolute atomic E-state index is 0.140. The number of nitrogens with one attached hydrogen (secondary N) is 1. The van der Waals surface area contributed by atoms with Crippen LogP contribution in [0.15, 0.2) is 36.4 Å². The number of H-pyrrole nitrogens is 1. The molecule has 1 fully saturated rings. The van der Waals surface area contributed by atoms with Gasteiger partial charge in [-0.3, -0.25) is 14.5 Å². The van der Waals surface area contributed by atoms with Crippen molar-refractivity contribution in [3.63, 3.8) is 0 Å². The number of aromatic nitrogens is 1. The molecule has 6 nitrogen and oxygen atoms in total. The third-order valence-corrected chi connectivity index (χ3v) is 6.46. The third kappa shape index (κ3) is 3.07. The number of carbonyl (C=O) groups is 2. The number of benzene rings is 2. The molecule has 154 valence electrons. The number of hydrogen-bond donors (Lipinski definition) is 1. The molecular weight excluding hydrogens is 425 g/mol. The van der Waals surface area contributed by atoms with Crippen LogP contribution in [0.5, 0.6) is 5.75 Å². The van der Waals surface area contributed by atoms with E-state index in [0.29, 0.717) is 23.8 Å². The van der Waals surface area contributed by atoms with Crippen LogP contribution in [0.4, 0.5) is 5.69 Å². The van der Waals surface area contributed by atoms with E-state index in [4.69, 9.17) is 27.9 Å². The molecule has 3 heterocycles. The highest BCUT2D eigenvalue weighted by atomic mass is 35.5. The number of ether oxygens (including phenoxy) is 1. The second-order valence-corrected chi connectivity index (χ2v) is 8.44. The Balaban J connectivity index is 1.42. The van der Waals surface area contributed by atoms with Gasteiger partial charge in [-0.25, -0.2) is 4.90 Å². The highest BCUT2D eigenvalue weighted by Crippen LogP contribution is 2.36. The van der Waals surface area contributed by atoms with Gasteiger partial charge in [0.05, 0.1) is 30.3 Å². The first-order chi connectivity index (χ1) is 14.5. The van der Waals surface area contributed by atoms with Gasteiger partial charge in [-0.2, -0.15) is 0 Å². The van der Waals surface area contributed by atoms with Crippen LogP contribution in [0.3, 0.4) is 0 Å². The van der Waals surface area contributed by atoms with Gasteiger partial charge in [0.15, 0.2) is 0 Å². The van der Waals surface area contributed by atoms with Gasteiger partial charge < -0.3 is 9.72 Å². The molecule has 1 atom stereocenters. The minimum Gasteiger partial charge on any atom is -0.497 e. The van der Waals surface area contributed by atoms with Crippen molar-refractivity contribution in [1.82, 2.24) is 9.88 Å². The lowest BCUT2D eigenvalue weighted by Crippen LogP contribution is -2.44. The predicted molar refractivity (Wildman–Crippen MR) is 116 cm³/mol. The van der Waals surface area contributed by atoms with Crippen LogP contribution in [-0.2, 0) is 22.6 Å². The van der Waals surface area contributed by atoms with E-state index in [2.05, 4.69) is 9.88 Å². The molecule has 2 amide bonds. The summed E-state index contributed by atoms with van der Waals surface area (Å²) in [6.45, 7) is 1.28. The number of nitrogens with zero attached hydrogens (tertiary/aromatic N) is 2. The largest absolute Gasteiger partial charge is 0.497 e. The van der Waals surface area contributed by atoms with Crippen LogP contribution in [0, 0.1) is 0 Å². The van der Waals surface area contributed by atoms with Crippen molar-refractivity contribution in [2.45, 2.75) is 25.4 Å². The summed E-state index contributed by atoms with van der Waals surface area (Å²) in [7, 11) is 1.66. The lowest BCUT2D eigenvalue weighted by molar-refractivity contribution is -0.123. The molecule has 0 saturated carbocycles. The molecule has 0 radical (unpaired) electrons. The summed E-state index contributed by atoms with van der Waals surface area (Å²) in [5, 5.41) is 1.89. The molecule has 2 aliphatic heterocycles. The topological polar surface area (TPSA) is 65.6 Å². The van der Waals surface area contributed by atoms with Crippen molar-refractivity contribution in [3.8, 4) is 5.75 Å². The van der Waals surface area contributed by atoms with Crippen LogP contribution in [0.2, 0.25) is 10.0 Å². The normalized spacial score (nSPS) is 19.6. The molecule has 2 aliphatic rings. The molecule has 2 aromatic carbocycles. The fourth-order valence-corrected chi connectivity index (χ4v) is 4.94. The van der Waals surface area contributed by atoms with Crippen LogP contribution in [0.25, 0.3) is 10.9 Å². The second kappa shape index (κ2) is 7.30. The van der Waals surface area contributed by atoms with E-state index >= 15 is 0 Å². The molecule has 1 unspecified atom stereocenters. The van der Waals surface area contributed by atoms with Gasteiger partial charge in [-0.05, 0) is 48.4 Å². The van der Waals surface area contributed by atoms with E-state index in [1.807, 2.05) is 18.2 Å². The van der Waals surface area contributed by atoms with E-state index in [0.717, 1.165) is 28.8 Å². The zero-order chi connectivity index (χ0) is 21.0. The zero-order valence-corrected chi connectivity index (χ0v) is 17.8. The lowest BCUT2D eigenvalue weighted by atomic mass is 10.0. The van der Waals surface area contributed by atoms with E-state index in [9.17, 15) is 9.59 Å². The molecule has 0 bridgehead atoms. The van der Waals surface area contributed by atoms with Gasteiger partial charge in [0.2, 0.25) is 5.91 Å². The van der Waals surface area contributed by atoms with Gasteiger partial charge in [0.25, 0.3) is 5.91 Å². The van der Waals surface area contributed by atoms with Crippen molar-refractivity contribution >= 4 is 51.6 Å². The number of amides is 2. The SMILES string of the molecule is COc1ccc2[nH]c3c(c2c1)CCN(C1CC(=O)N(c2ccc(Cl)cc2Cl)C1=O)C3. The van der Waals surface area contributed by atoms with E-state index in [1.54, 1.807) is 19.2 Å². The second-order valence-electron chi connectivity index (χ2n) is 7.60. The standard InChI is InChI=1S/C22H19Cl2N3O3/c1-30-13-3-4-17-15(9-13)14-6-7-26(11-18(14)25-17)20-10-21(28)27(22(20)29)19-5-2-12(23)8-16(19)24/h2-5,8-9,20,25H,6-7,10-11H2,1H3. The van der Waals surface area contributed by atoms with Crippen LogP contribution < -0.4 is 9.64 Å². The number of hydrogen-bond acceptors (Lipinski definition) is 4. The fourth-order valence-electron chi connectivity index (χ4n) is 4.45. The molecule has 8 heteroatoms. The lowest BCUT2D eigenvalue weighted by Gasteiger charge is -2.30. The molecule has 0 aliphatic carbocycles. The Hall–Kier alpha value is -2.54. The van der Waals surface area contributed by atoms with Gasteiger partial charge >= 0.3 is 0 Å². The molecule has 30 heavy (non-hydrogen) atoms. The molecule has 0 spiro atoms. The number of aromatic amines is 1. The Morgan fingerprint density at radius 1 is 1.13 bits per heavy atom. The third-order valence-electron chi connectivity index (χ3n) is 5.93. The monoisotopic (exact) mass is 443 g/mol. The van der Waals surface area contributed by atoms with Crippen LogP contribution >= 0.6 is 23.2 Å². The number of halogens is 2. The first-order valence-corrected chi connectivity index (χ1v) is 10.4. The number of methoxy groups -OCH3 is 1. The van der Waals surface area contributed by atoms with Gasteiger partial charge in [-0.15, -0.1) is 0 Å². The highest BCUT2D eigenvalue weighted by molar-refractivity contribution is 6.38. The molecule has 1 saturated heterocycles. The quantitative estimate of drug-likeness (QED) is 0.616. The molecular formula is C22H19Cl2N3O3. The van der Waals surface area contributed by atoms with E-state index in [1.165, 1.54) is 16.5 Å². The zero-order valence-electron chi connectivity index (χ0n) is 16.2. The number of carbonyl (C=O) groups excluding carboxylic acids is 2. The van der Waals surface area contributed by atoms with E-state index in [-0.39, 0.29) is 23.3 Å². The fraction of sp³-hybridized carbons (Fsp3) is 0.273. The Morgan fingerprint density at radius 2 is 1.97 bits per heavy atom. The van der Waals surface area contributed by atoms with Crippen molar-refractivity contribution in [1.29, 1.82) is 0 Å². The van der Waals surface area contributed by atoms with Crippen LogP contribution in [0.1, 0.15) is 17.7 Å². The molecule has 3 aromatic rings. The maximum Gasteiger partial charge on any atom is 0.251 e. The smallest absolute Gasteiger partial charge is 0.251 e. The van der Waals surface area contributed by atoms with Gasteiger partial charge in [0.1, 0.15) is 5.75 Å². The predicted octanol–water partition coefficient (Wildman–Crippen LogP) is 4.17. The number of fused-ring (bicyclic) bond motifs is 3. The first kappa shape index (κ1) is 19.4. The summed E-state index contributed by atoms with van der Waals surface area (Å²) in [6, 6.07) is 10.2. The summed E-state index contributed by atoms with van der Waals surface area (Å²) >= 11 is 12.2. The molecule has 5 rings (SSSR count). The Morgan fingerprint density at radius 3 is 2.73 bits per heavy atom. The molecule has 1 aromatic heterocycles. The maximum absolute atomic E-state index is 13.2. The number of rotatable bonds is 3. The van der Waals surface area contributed by atoms with Crippen LogP contribution in [-0.4, -0.2) is 41.4 Å². The van der Waals surface area contributed by atoms with Crippen molar-refractivity contribution < 1.29 is 14.3 Å². The average Bonchev–Trinajstić information content (AvgIpc) is 3.24. The summed E-state index contributed by atoms with van der Waals surface area (Å²) < 4.78 is 5.35. The molecule has 1 N–H and O–H groups in total. The van der Waals surface area contributed by atoms with Crippen molar-refractivity contribution in [3.05, 3.63) is 57.7 Å². The number of anilines is 1. The summed E-state index contributed by atoms with van der Waals surface area (Å²) in [4.78, 5) is 32.6. The van der Waals surface area contributed by atoms with E-state index < -0.39 is 6.04 Å². The summed E-state index contributed by atoms with van der Waals surface area (Å²) in [5.74, 6) is 0.325. The first-order valence-electron chi connectivity index (χ1n) is 9.69. The highest BCUT2D eigenvalue weighted by Gasteiger charge is 2.44.